The van der Waals surface area contributed by atoms with Gasteiger partial charge in [-0.15, -0.1) is 0 Å². The second-order valence-electron chi connectivity index (χ2n) is 4.37. The van der Waals surface area contributed by atoms with Gasteiger partial charge in [-0.2, -0.15) is 0 Å². The summed E-state index contributed by atoms with van der Waals surface area (Å²) in [7, 11) is 0. The van der Waals surface area contributed by atoms with E-state index in [-0.39, 0.29) is 6.61 Å². The molecule has 0 saturated carbocycles. The van der Waals surface area contributed by atoms with Crippen LogP contribution < -0.4 is 5.32 Å². The number of hydrogen-bond donors (Lipinski definition) is 2. The number of amides is 1. The maximum atomic E-state index is 13.7. The van der Waals surface area contributed by atoms with Crippen LogP contribution in [-0.4, -0.2) is 17.6 Å². The molecule has 2 aromatic rings. The van der Waals surface area contributed by atoms with E-state index in [1.165, 1.54) is 0 Å². The molecule has 0 aliphatic carbocycles. The van der Waals surface area contributed by atoms with Gasteiger partial charge in [0.05, 0.1) is 23.2 Å². The lowest BCUT2D eigenvalue weighted by atomic mass is 10.1. The lowest BCUT2D eigenvalue weighted by Crippen LogP contribution is -2.31. The number of carbonyl (C=O) groups is 1. The first kappa shape index (κ1) is 15.4. The summed E-state index contributed by atoms with van der Waals surface area (Å²) in [6.45, 7) is -0.368. The predicted molar refractivity (Wildman–Crippen MR) is 75.1 cm³/mol. The molecule has 0 heterocycles. The third kappa shape index (κ3) is 3.56. The summed E-state index contributed by atoms with van der Waals surface area (Å²) in [6, 6.07) is 9.44. The van der Waals surface area contributed by atoms with Crippen LogP contribution >= 0.6 is 11.6 Å². The topological polar surface area (TPSA) is 49.3 Å². The van der Waals surface area contributed by atoms with Crippen molar-refractivity contribution in [3.8, 4) is 0 Å². The lowest BCUT2D eigenvalue weighted by molar-refractivity contribution is 0.0911. The molecule has 0 saturated heterocycles. The summed E-state index contributed by atoms with van der Waals surface area (Å²) in [4.78, 5) is 12.0. The first-order valence-corrected chi connectivity index (χ1v) is 6.52. The number of hydrogen-bond acceptors (Lipinski definition) is 2. The molecule has 2 aromatic carbocycles. The third-order valence-electron chi connectivity index (χ3n) is 2.94. The van der Waals surface area contributed by atoms with Crippen LogP contribution in [0.2, 0.25) is 5.02 Å². The molecule has 1 amide bonds. The molecule has 0 spiro atoms. The molecule has 0 aromatic heterocycles. The van der Waals surface area contributed by atoms with Crippen LogP contribution in [0, 0.1) is 11.6 Å². The van der Waals surface area contributed by atoms with Gasteiger partial charge in [0.25, 0.3) is 5.91 Å². The van der Waals surface area contributed by atoms with Crippen LogP contribution in [-0.2, 0) is 0 Å². The van der Waals surface area contributed by atoms with Crippen LogP contribution in [0.4, 0.5) is 8.78 Å². The first-order chi connectivity index (χ1) is 10.0. The van der Waals surface area contributed by atoms with Crippen molar-refractivity contribution < 1.29 is 18.7 Å². The molecule has 2 N–H and O–H groups in total. The van der Waals surface area contributed by atoms with Crippen LogP contribution in [0.5, 0.6) is 0 Å². The van der Waals surface area contributed by atoms with Gasteiger partial charge < -0.3 is 10.4 Å². The van der Waals surface area contributed by atoms with E-state index < -0.39 is 34.2 Å². The Bertz CT molecular complexity index is 650. The molecule has 1 unspecified atom stereocenters. The van der Waals surface area contributed by atoms with Crippen molar-refractivity contribution in [2.45, 2.75) is 6.04 Å². The van der Waals surface area contributed by atoms with Crippen molar-refractivity contribution in [3.63, 3.8) is 0 Å². The Kier molecular flexibility index (Phi) is 4.88. The predicted octanol–water partition coefficient (Wildman–Crippen LogP) is 3.08. The fraction of sp³-hybridized carbons (Fsp3) is 0.133. The lowest BCUT2D eigenvalue weighted by Gasteiger charge is -2.17. The van der Waals surface area contributed by atoms with E-state index in [4.69, 9.17) is 11.6 Å². The summed E-state index contributed by atoms with van der Waals surface area (Å²) in [6.07, 6.45) is 0. The van der Waals surface area contributed by atoms with Gasteiger partial charge in [0.1, 0.15) is 11.6 Å². The number of rotatable bonds is 4. The Morgan fingerprint density at radius 3 is 2.48 bits per heavy atom. The quantitative estimate of drug-likeness (QED) is 0.853. The fourth-order valence-electron chi connectivity index (χ4n) is 1.85. The molecule has 0 bridgehead atoms. The first-order valence-electron chi connectivity index (χ1n) is 6.14. The van der Waals surface area contributed by atoms with E-state index in [2.05, 4.69) is 5.32 Å². The Balaban J connectivity index is 2.23. The fourth-order valence-corrected chi connectivity index (χ4v) is 2.00. The molecule has 21 heavy (non-hydrogen) atoms. The summed E-state index contributed by atoms with van der Waals surface area (Å²) < 4.78 is 27.0. The van der Waals surface area contributed by atoms with Gasteiger partial charge in [-0.05, 0) is 17.7 Å². The molecular formula is C15H12ClF2NO2. The highest BCUT2D eigenvalue weighted by molar-refractivity contribution is 6.30. The minimum absolute atomic E-state index is 0.368. The second-order valence-corrected chi connectivity index (χ2v) is 4.77. The zero-order chi connectivity index (χ0) is 15.4. The Morgan fingerprint density at radius 1 is 1.19 bits per heavy atom. The number of aliphatic hydroxyl groups excluding tert-OH is 1. The monoisotopic (exact) mass is 311 g/mol. The standard InChI is InChI=1S/C15H12ClF2NO2/c16-11-7-12(17)10(6-13(11)18)15(21)19-14(8-20)9-4-2-1-3-5-9/h1-7,14,20H,8H2,(H,19,21). The summed E-state index contributed by atoms with van der Waals surface area (Å²) in [5.74, 6) is -2.64. The van der Waals surface area contributed by atoms with Crippen molar-refractivity contribution in [1.82, 2.24) is 5.32 Å². The van der Waals surface area contributed by atoms with Gasteiger partial charge in [-0.1, -0.05) is 41.9 Å². The average Bonchev–Trinajstić information content (AvgIpc) is 2.49. The Labute approximate surface area is 125 Å². The molecule has 2 rings (SSSR count). The number of carbonyl (C=O) groups excluding carboxylic acids is 1. The number of benzene rings is 2. The van der Waals surface area contributed by atoms with Crippen LogP contribution in [0.25, 0.3) is 0 Å². The second kappa shape index (κ2) is 6.65. The summed E-state index contributed by atoms with van der Waals surface area (Å²) >= 11 is 5.43. The van der Waals surface area contributed by atoms with Crippen molar-refractivity contribution in [1.29, 1.82) is 0 Å². The highest BCUT2D eigenvalue weighted by Gasteiger charge is 2.19. The van der Waals surface area contributed by atoms with E-state index >= 15 is 0 Å². The van der Waals surface area contributed by atoms with Crippen LogP contribution in [0.1, 0.15) is 22.0 Å². The van der Waals surface area contributed by atoms with E-state index in [9.17, 15) is 18.7 Å². The summed E-state index contributed by atoms with van der Waals surface area (Å²) in [5.41, 5.74) is 0.189. The zero-order valence-corrected chi connectivity index (χ0v) is 11.6. The molecule has 6 heteroatoms. The van der Waals surface area contributed by atoms with Crippen LogP contribution in [0.15, 0.2) is 42.5 Å². The van der Waals surface area contributed by atoms with Gasteiger partial charge in [0.2, 0.25) is 0 Å². The maximum absolute atomic E-state index is 13.7. The van der Waals surface area contributed by atoms with Crippen molar-refractivity contribution >= 4 is 17.5 Å². The normalized spacial score (nSPS) is 12.0. The smallest absolute Gasteiger partial charge is 0.254 e. The van der Waals surface area contributed by atoms with E-state index in [1.807, 2.05) is 0 Å². The molecule has 110 valence electrons. The Hall–Kier alpha value is -1.98. The van der Waals surface area contributed by atoms with Gasteiger partial charge >= 0.3 is 0 Å². The highest BCUT2D eigenvalue weighted by Crippen LogP contribution is 2.20. The third-order valence-corrected chi connectivity index (χ3v) is 3.23. The largest absolute Gasteiger partial charge is 0.394 e. The molecule has 0 radical (unpaired) electrons. The highest BCUT2D eigenvalue weighted by atomic mass is 35.5. The molecule has 0 fully saturated rings. The van der Waals surface area contributed by atoms with Crippen LogP contribution in [0.3, 0.4) is 0 Å². The number of aliphatic hydroxyl groups is 1. The number of nitrogens with one attached hydrogen (secondary N) is 1. The van der Waals surface area contributed by atoms with E-state index in [1.54, 1.807) is 30.3 Å². The van der Waals surface area contributed by atoms with Gasteiger partial charge in [-0.25, -0.2) is 8.78 Å². The summed E-state index contributed by atoms with van der Waals surface area (Å²) in [5, 5.41) is 11.4. The minimum atomic E-state index is -0.927. The number of halogens is 3. The van der Waals surface area contributed by atoms with Crippen molar-refractivity contribution in [2.75, 3.05) is 6.61 Å². The van der Waals surface area contributed by atoms with Crippen molar-refractivity contribution in [3.05, 3.63) is 70.2 Å². The van der Waals surface area contributed by atoms with Crippen molar-refractivity contribution in [2.24, 2.45) is 0 Å². The molecule has 1 atom stereocenters. The molecule has 3 nitrogen and oxygen atoms in total. The molecule has 0 aliphatic rings. The molecular weight excluding hydrogens is 300 g/mol. The SMILES string of the molecule is O=C(NC(CO)c1ccccc1)c1cc(F)c(Cl)cc1F. The van der Waals surface area contributed by atoms with Gasteiger partial charge in [-0.3, -0.25) is 4.79 Å². The van der Waals surface area contributed by atoms with E-state index in [0.29, 0.717) is 5.56 Å². The zero-order valence-electron chi connectivity index (χ0n) is 10.8. The van der Waals surface area contributed by atoms with Gasteiger partial charge in [0, 0.05) is 0 Å². The minimum Gasteiger partial charge on any atom is -0.394 e. The van der Waals surface area contributed by atoms with Gasteiger partial charge in [0.15, 0.2) is 0 Å². The maximum Gasteiger partial charge on any atom is 0.254 e. The molecule has 0 aliphatic heterocycles. The van der Waals surface area contributed by atoms with E-state index in [0.717, 1.165) is 12.1 Å². The average molecular weight is 312 g/mol. The Morgan fingerprint density at radius 2 is 1.86 bits per heavy atom.